The maximum Gasteiger partial charge on any atom is 0.251 e. The van der Waals surface area contributed by atoms with E-state index in [1.54, 1.807) is 130 Å². The number of fused-ring (bicyclic) bond motifs is 3. The minimum absolute atomic E-state index is 0.0238. The minimum atomic E-state index is -0.737. The number of carbonyl (C=O) groups excluding carboxylic acids is 6. The average Bonchev–Trinajstić information content (AvgIpc) is 1.61. The van der Waals surface area contributed by atoms with Crippen LogP contribution in [0.15, 0.2) is 111 Å². The second-order valence-electron chi connectivity index (χ2n) is 34.6. The number of piperidine rings is 3. The number of hydrogen-bond donors (Lipinski definition) is 6. The second kappa shape index (κ2) is 37.8. The van der Waals surface area contributed by atoms with Gasteiger partial charge < -0.3 is 90.2 Å². The van der Waals surface area contributed by atoms with Gasteiger partial charge in [-0.3, -0.25) is 28.8 Å². The van der Waals surface area contributed by atoms with Gasteiger partial charge in [0.15, 0.2) is 17.5 Å². The number of ether oxygens (including phenoxy) is 3. The van der Waals surface area contributed by atoms with Crippen LogP contribution in [0.1, 0.15) is 167 Å². The van der Waals surface area contributed by atoms with Gasteiger partial charge in [0.05, 0.1) is 73.2 Å². The molecule has 3 aromatic carbocycles. The lowest BCUT2D eigenvalue weighted by atomic mass is 9.88. The zero-order valence-corrected chi connectivity index (χ0v) is 72.2. The van der Waals surface area contributed by atoms with Crippen LogP contribution in [0.2, 0.25) is 0 Å². The third-order valence-electron chi connectivity index (χ3n) is 26.0. The van der Waals surface area contributed by atoms with Crippen molar-refractivity contribution in [1.29, 1.82) is 0 Å². The van der Waals surface area contributed by atoms with E-state index in [0.717, 1.165) is 172 Å². The van der Waals surface area contributed by atoms with Crippen molar-refractivity contribution in [2.75, 3.05) is 168 Å². The fourth-order valence-electron chi connectivity index (χ4n) is 18.0. The van der Waals surface area contributed by atoms with Gasteiger partial charge in [0.2, 0.25) is 35.6 Å². The standard InChI is InChI=1S/3C30H41N7O3/c3*1-6-30(2)19-37(22-9-7-8-10-22)26-24(36(4)28(30)39)18-31-29(34-26)33-23-12-11-20(17-25(23)40-5)27(38)32-21-13-15-35(3)16-14-21/h3*6,11-12,17-18,21-22H,1,7-10,13-16,19H2,2-5H3,(H,32,38)(H,31,33,34)/t2*30-;/m10./s1. The highest BCUT2D eigenvalue weighted by Gasteiger charge is 2.47. The molecule has 9 aliphatic rings. The number of rotatable bonds is 21. The van der Waals surface area contributed by atoms with Gasteiger partial charge in [-0.1, -0.05) is 56.8 Å². The molecule has 6 aromatic rings. The summed E-state index contributed by atoms with van der Waals surface area (Å²) in [5.74, 6) is 4.57. The molecule has 642 valence electrons. The third kappa shape index (κ3) is 19.2. The smallest absolute Gasteiger partial charge is 0.251 e. The Bertz CT molecular complexity index is 4270. The van der Waals surface area contributed by atoms with Crippen molar-refractivity contribution >= 4 is 105 Å². The summed E-state index contributed by atoms with van der Waals surface area (Å²) < 4.78 is 16.9. The van der Waals surface area contributed by atoms with Crippen LogP contribution in [0.5, 0.6) is 17.2 Å². The van der Waals surface area contributed by atoms with E-state index >= 15 is 0 Å². The van der Waals surface area contributed by atoms with Gasteiger partial charge in [0, 0.05) is 93.7 Å². The van der Waals surface area contributed by atoms with Crippen molar-refractivity contribution in [3.05, 3.63) is 128 Å². The van der Waals surface area contributed by atoms with E-state index in [1.165, 1.54) is 0 Å². The predicted molar refractivity (Wildman–Crippen MR) is 473 cm³/mol. The molecule has 3 aromatic heterocycles. The molecule has 15 rings (SSSR count). The monoisotopic (exact) mass is 1640 g/mol. The van der Waals surface area contributed by atoms with Crippen LogP contribution in [-0.4, -0.2) is 239 Å². The van der Waals surface area contributed by atoms with E-state index < -0.39 is 16.2 Å². The molecular weight excluding hydrogens is 1520 g/mol. The first-order valence-corrected chi connectivity index (χ1v) is 42.7. The molecule has 9 heterocycles. The van der Waals surface area contributed by atoms with Gasteiger partial charge in [-0.25, -0.2) is 15.0 Å². The molecule has 0 spiro atoms. The fourth-order valence-corrected chi connectivity index (χ4v) is 18.0. The molecule has 30 nitrogen and oxygen atoms in total. The SMILES string of the molecule is C=CC1(C)CN(C2CCCC2)c2nc(Nc3ccc(C(=O)NC4CCN(C)CC4)cc3OC)ncc2N(C)C1=O.C=C[C@@]1(C)CN(C2CCCC2)c2nc(Nc3ccc(C(=O)NC4CCN(C)CC4)cc3OC)ncc2N(C)C1=O.C=C[C@]1(C)CN(C2CCCC2)c2nc(Nc3ccc(C(=O)NC4CCN(C)CC4)cc3OC)ncc2N(C)C1=O. The zero-order valence-electron chi connectivity index (χ0n) is 72.2. The Labute approximate surface area is 706 Å². The van der Waals surface area contributed by atoms with E-state index in [1.807, 2.05) is 39.0 Å². The number of nitrogens with one attached hydrogen (secondary N) is 6. The molecule has 6 aliphatic heterocycles. The summed E-state index contributed by atoms with van der Waals surface area (Å²) in [5, 5.41) is 19.3. The normalized spacial score (nSPS) is 22.6. The molecule has 3 saturated heterocycles. The first-order chi connectivity index (χ1) is 57.7. The molecule has 0 radical (unpaired) electrons. The third-order valence-corrected chi connectivity index (χ3v) is 26.0. The van der Waals surface area contributed by atoms with Gasteiger partial charge in [-0.05, 0) is 213 Å². The maximum absolute atomic E-state index is 13.4. The van der Waals surface area contributed by atoms with E-state index in [0.29, 0.717) is 124 Å². The second-order valence-corrected chi connectivity index (χ2v) is 34.6. The number of likely N-dealkylation sites (tertiary alicyclic amines) is 3. The summed E-state index contributed by atoms with van der Waals surface area (Å²) in [5.41, 5.74) is 3.42. The summed E-state index contributed by atoms with van der Waals surface area (Å²) in [4.78, 5) is 126. The van der Waals surface area contributed by atoms with Crippen molar-refractivity contribution < 1.29 is 43.0 Å². The summed E-state index contributed by atoms with van der Waals surface area (Å²) in [6.07, 6.45) is 29.4. The Morgan fingerprint density at radius 2 is 0.633 bits per heavy atom. The molecule has 6 N–H and O–H groups in total. The highest BCUT2D eigenvalue weighted by atomic mass is 16.5. The fraction of sp³-hybridized carbons (Fsp3) is 0.533. The summed E-state index contributed by atoms with van der Waals surface area (Å²) in [6, 6.07) is 17.5. The summed E-state index contributed by atoms with van der Waals surface area (Å²) in [6.45, 7) is 25.2. The van der Waals surface area contributed by atoms with Gasteiger partial charge in [-0.2, -0.15) is 15.0 Å². The van der Waals surface area contributed by atoms with Crippen LogP contribution in [0.4, 0.5) is 69.4 Å². The molecule has 3 saturated carbocycles. The van der Waals surface area contributed by atoms with Crippen molar-refractivity contribution in [1.82, 2.24) is 60.6 Å². The lowest BCUT2D eigenvalue weighted by Crippen LogP contribution is -2.45. The number of benzene rings is 3. The predicted octanol–water partition coefficient (Wildman–Crippen LogP) is 11.9. The van der Waals surface area contributed by atoms with Crippen molar-refractivity contribution in [3.63, 3.8) is 0 Å². The van der Waals surface area contributed by atoms with Crippen LogP contribution in [0, 0.1) is 16.2 Å². The van der Waals surface area contributed by atoms with Gasteiger partial charge in [-0.15, -0.1) is 19.7 Å². The molecule has 0 bridgehead atoms. The minimum Gasteiger partial charge on any atom is -0.495 e. The van der Waals surface area contributed by atoms with E-state index in [4.69, 9.17) is 29.2 Å². The van der Waals surface area contributed by atoms with Gasteiger partial charge in [0.25, 0.3) is 17.7 Å². The van der Waals surface area contributed by atoms with E-state index in [-0.39, 0.29) is 53.6 Å². The quantitative estimate of drug-likeness (QED) is 0.0365. The first-order valence-electron chi connectivity index (χ1n) is 42.7. The Morgan fingerprint density at radius 3 is 0.858 bits per heavy atom. The largest absolute Gasteiger partial charge is 0.495 e. The number of amides is 6. The summed E-state index contributed by atoms with van der Waals surface area (Å²) >= 11 is 0. The highest BCUT2D eigenvalue weighted by molar-refractivity contribution is 6.05. The van der Waals surface area contributed by atoms with Crippen LogP contribution < -0.4 is 75.5 Å². The number of anilines is 12. The lowest BCUT2D eigenvalue weighted by molar-refractivity contribution is -0.125. The molecule has 1 unspecified atom stereocenters. The van der Waals surface area contributed by atoms with E-state index in [9.17, 15) is 28.8 Å². The molecule has 3 aliphatic carbocycles. The van der Waals surface area contributed by atoms with Crippen molar-refractivity contribution in [3.8, 4) is 17.2 Å². The van der Waals surface area contributed by atoms with Crippen LogP contribution in [-0.2, 0) is 14.4 Å². The molecule has 120 heavy (non-hydrogen) atoms. The molecule has 3 atom stereocenters. The Balaban J connectivity index is 0.000000156. The lowest BCUT2D eigenvalue weighted by Gasteiger charge is -2.34. The number of methoxy groups -OCH3 is 3. The zero-order chi connectivity index (χ0) is 85.3. The van der Waals surface area contributed by atoms with Crippen LogP contribution in [0.25, 0.3) is 0 Å². The average molecular weight is 1640 g/mol. The molecular formula is C90H123N21O9. The highest BCUT2D eigenvalue weighted by Crippen LogP contribution is 2.46. The Morgan fingerprint density at radius 1 is 0.392 bits per heavy atom. The Hall–Kier alpha value is -11.0. The molecule has 6 amide bonds. The topological polar surface area (TPSA) is 309 Å². The van der Waals surface area contributed by atoms with Crippen molar-refractivity contribution in [2.24, 2.45) is 16.2 Å². The van der Waals surface area contributed by atoms with Crippen molar-refractivity contribution in [2.45, 2.75) is 173 Å². The van der Waals surface area contributed by atoms with Gasteiger partial charge in [0.1, 0.15) is 34.3 Å². The van der Waals surface area contributed by atoms with Crippen LogP contribution >= 0.6 is 0 Å². The number of aromatic nitrogens is 6. The van der Waals surface area contributed by atoms with Crippen LogP contribution in [0.3, 0.4) is 0 Å². The summed E-state index contributed by atoms with van der Waals surface area (Å²) in [7, 11) is 16.4. The van der Waals surface area contributed by atoms with E-state index in [2.05, 4.69) is 117 Å². The number of carbonyl (C=O) groups is 6. The van der Waals surface area contributed by atoms with Gasteiger partial charge >= 0.3 is 0 Å². The Kier molecular flexibility index (Phi) is 27.3. The number of hydrogen-bond acceptors (Lipinski definition) is 24. The maximum atomic E-state index is 13.4. The molecule has 30 heteroatoms. The first kappa shape index (κ1) is 86.9. The number of nitrogens with zero attached hydrogens (tertiary/aromatic N) is 15. The molecule has 6 fully saturated rings.